The molecule has 1 aliphatic rings. The number of ketones is 1. The summed E-state index contributed by atoms with van der Waals surface area (Å²) in [5.74, 6) is -0.889. The second-order valence-electron chi connectivity index (χ2n) is 9.29. The molecule has 13 heteroatoms. The largest absolute Gasteiger partial charge is 0.505 e. The number of aliphatic hydroxyl groups excluding tert-OH is 1. The van der Waals surface area contributed by atoms with E-state index in [0.717, 1.165) is 5.56 Å². The number of carbonyl (C=O) groups is 2. The number of aliphatic hydroxyl groups is 1. The number of pyridine rings is 1. The second-order valence-corrected chi connectivity index (χ2v) is 12.3. The topological polar surface area (TPSA) is 110 Å². The molecule has 3 aromatic heterocycles. The standard InChI is InChI=1S/C29H21Cl2N5O4S2/c1-15-23(35-12-4-3-5-21(35)32-15)25(37)22-24(16-7-10-19(40-2)11-8-16)36(27(39)26(22)38)28-33-34-29(42-28)41-14-17-6-9-18(30)13-20(17)31/h3-13,24,37H,14H2,1-2H3/b25-22+. The van der Waals surface area contributed by atoms with Gasteiger partial charge in [-0.25, -0.2) is 4.98 Å². The first-order chi connectivity index (χ1) is 20.3. The van der Waals surface area contributed by atoms with Crippen LogP contribution in [0, 0.1) is 6.92 Å². The number of hydrogen-bond acceptors (Lipinski definition) is 9. The van der Waals surface area contributed by atoms with Gasteiger partial charge in [-0.3, -0.25) is 18.9 Å². The van der Waals surface area contributed by atoms with E-state index in [9.17, 15) is 14.7 Å². The van der Waals surface area contributed by atoms with Crippen LogP contribution in [0.5, 0.6) is 5.75 Å². The van der Waals surface area contributed by atoms with Crippen LogP contribution in [-0.4, -0.2) is 43.5 Å². The van der Waals surface area contributed by atoms with Crippen molar-refractivity contribution in [2.45, 2.75) is 23.1 Å². The van der Waals surface area contributed by atoms with E-state index in [4.69, 9.17) is 27.9 Å². The van der Waals surface area contributed by atoms with Gasteiger partial charge in [-0.05, 0) is 54.4 Å². The summed E-state index contributed by atoms with van der Waals surface area (Å²) in [5, 5.41) is 21.5. The van der Waals surface area contributed by atoms with Crippen LogP contribution in [0.1, 0.15) is 28.6 Å². The molecule has 1 saturated heterocycles. The third-order valence-corrected chi connectivity index (χ3v) is 9.46. The van der Waals surface area contributed by atoms with Crippen molar-refractivity contribution in [2.24, 2.45) is 0 Å². The zero-order valence-electron chi connectivity index (χ0n) is 22.1. The molecule has 0 bridgehead atoms. The zero-order valence-corrected chi connectivity index (χ0v) is 25.3. The lowest BCUT2D eigenvalue weighted by Gasteiger charge is -2.22. The molecular formula is C29H21Cl2N5O4S2. The van der Waals surface area contributed by atoms with Crippen LogP contribution >= 0.6 is 46.3 Å². The first kappa shape index (κ1) is 28.2. The highest BCUT2D eigenvalue weighted by Gasteiger charge is 2.49. The van der Waals surface area contributed by atoms with Gasteiger partial charge in [-0.1, -0.05) is 70.6 Å². The van der Waals surface area contributed by atoms with E-state index in [2.05, 4.69) is 15.2 Å². The Morgan fingerprint density at radius 2 is 1.88 bits per heavy atom. The first-order valence-electron chi connectivity index (χ1n) is 12.6. The van der Waals surface area contributed by atoms with Crippen molar-refractivity contribution in [3.63, 3.8) is 0 Å². The van der Waals surface area contributed by atoms with Gasteiger partial charge < -0.3 is 9.84 Å². The molecule has 1 aliphatic heterocycles. The highest BCUT2D eigenvalue weighted by Crippen LogP contribution is 2.44. The fourth-order valence-electron chi connectivity index (χ4n) is 4.79. The number of benzene rings is 2. The molecule has 0 aliphatic carbocycles. The normalized spacial score (nSPS) is 16.5. The highest BCUT2D eigenvalue weighted by atomic mass is 35.5. The van der Waals surface area contributed by atoms with E-state index in [1.54, 1.807) is 73.2 Å². The van der Waals surface area contributed by atoms with E-state index in [1.807, 2.05) is 12.1 Å². The van der Waals surface area contributed by atoms with Gasteiger partial charge in [-0.2, -0.15) is 0 Å². The lowest BCUT2D eigenvalue weighted by molar-refractivity contribution is -0.132. The molecule has 2 aromatic carbocycles. The molecule has 1 fully saturated rings. The summed E-state index contributed by atoms with van der Waals surface area (Å²) in [6.45, 7) is 1.74. The molecule has 1 amide bonds. The van der Waals surface area contributed by atoms with Crippen LogP contribution < -0.4 is 9.64 Å². The van der Waals surface area contributed by atoms with Crippen LogP contribution in [-0.2, 0) is 15.3 Å². The number of rotatable bonds is 7. The summed E-state index contributed by atoms with van der Waals surface area (Å²) < 4.78 is 7.56. The summed E-state index contributed by atoms with van der Waals surface area (Å²) in [6, 6.07) is 16.7. The Balaban J connectivity index is 1.43. The summed E-state index contributed by atoms with van der Waals surface area (Å²) in [6.07, 6.45) is 1.74. The van der Waals surface area contributed by atoms with Crippen molar-refractivity contribution in [2.75, 3.05) is 12.0 Å². The molecule has 0 saturated carbocycles. The Morgan fingerprint density at radius 1 is 1.10 bits per heavy atom. The van der Waals surface area contributed by atoms with E-state index < -0.39 is 17.7 Å². The summed E-state index contributed by atoms with van der Waals surface area (Å²) in [5.41, 5.74) is 2.81. The minimum absolute atomic E-state index is 0.0729. The van der Waals surface area contributed by atoms with Gasteiger partial charge in [0.1, 0.15) is 17.1 Å². The van der Waals surface area contributed by atoms with Gasteiger partial charge in [-0.15, -0.1) is 10.2 Å². The molecule has 0 radical (unpaired) electrons. The van der Waals surface area contributed by atoms with Gasteiger partial charge in [0.05, 0.1) is 24.4 Å². The molecule has 5 aromatic rings. The van der Waals surface area contributed by atoms with Crippen molar-refractivity contribution in [3.8, 4) is 5.75 Å². The number of methoxy groups -OCH3 is 1. The SMILES string of the molecule is COc1ccc(C2/C(=C(\O)c3c(C)nc4ccccn34)C(=O)C(=O)N2c2nnc(SCc3ccc(Cl)cc3Cl)s2)cc1. The van der Waals surface area contributed by atoms with Crippen LogP contribution in [0.4, 0.5) is 5.13 Å². The Kier molecular flexibility index (Phi) is 7.67. The number of fused-ring (bicyclic) bond motifs is 1. The predicted octanol–water partition coefficient (Wildman–Crippen LogP) is 6.73. The monoisotopic (exact) mass is 637 g/mol. The van der Waals surface area contributed by atoms with Gasteiger partial charge in [0.2, 0.25) is 5.13 Å². The number of Topliss-reactive ketones (excluding diaryl/α,β-unsaturated/α-hetero) is 1. The number of carbonyl (C=O) groups excluding carboxylic acids is 2. The van der Waals surface area contributed by atoms with Gasteiger partial charge >= 0.3 is 5.91 Å². The van der Waals surface area contributed by atoms with Crippen LogP contribution in [0.15, 0.2) is 76.8 Å². The lowest BCUT2D eigenvalue weighted by atomic mass is 9.96. The number of hydrogen-bond donors (Lipinski definition) is 1. The number of amides is 1. The van der Waals surface area contributed by atoms with Crippen LogP contribution in [0.2, 0.25) is 10.0 Å². The Labute approximate surface area is 258 Å². The van der Waals surface area contributed by atoms with Crippen molar-refractivity contribution in [1.29, 1.82) is 0 Å². The summed E-state index contributed by atoms with van der Waals surface area (Å²) in [4.78, 5) is 33.0. The average molecular weight is 639 g/mol. The lowest BCUT2D eigenvalue weighted by Crippen LogP contribution is -2.29. The Bertz CT molecular complexity index is 1890. The first-order valence-corrected chi connectivity index (χ1v) is 15.1. The molecule has 212 valence electrons. The van der Waals surface area contributed by atoms with Crippen molar-refractivity contribution >= 4 is 74.5 Å². The quantitative estimate of drug-likeness (QED) is 0.0688. The van der Waals surface area contributed by atoms with Crippen molar-refractivity contribution in [3.05, 3.63) is 105 Å². The number of imidazole rings is 1. The maximum Gasteiger partial charge on any atom is 0.301 e. The molecule has 6 rings (SSSR count). The van der Waals surface area contributed by atoms with Gasteiger partial charge in [0.25, 0.3) is 5.78 Å². The molecule has 4 heterocycles. The number of thioether (sulfide) groups is 1. The van der Waals surface area contributed by atoms with E-state index in [-0.39, 0.29) is 16.5 Å². The molecule has 1 unspecified atom stereocenters. The maximum atomic E-state index is 13.6. The summed E-state index contributed by atoms with van der Waals surface area (Å²) >= 11 is 14.9. The third-order valence-electron chi connectivity index (χ3n) is 6.77. The maximum absolute atomic E-state index is 13.6. The average Bonchev–Trinajstić information content (AvgIpc) is 3.66. The molecule has 1 N–H and O–H groups in total. The molecule has 42 heavy (non-hydrogen) atoms. The number of anilines is 1. The van der Waals surface area contributed by atoms with E-state index in [0.29, 0.717) is 48.5 Å². The van der Waals surface area contributed by atoms with Gasteiger partial charge in [0, 0.05) is 22.0 Å². The highest BCUT2D eigenvalue weighted by molar-refractivity contribution is 8.00. The van der Waals surface area contributed by atoms with Crippen molar-refractivity contribution < 1.29 is 19.4 Å². The van der Waals surface area contributed by atoms with Gasteiger partial charge in [0.15, 0.2) is 10.1 Å². The smallest absolute Gasteiger partial charge is 0.301 e. The number of aromatic nitrogens is 4. The third kappa shape index (κ3) is 5.02. The molecular weight excluding hydrogens is 617 g/mol. The second kappa shape index (κ2) is 11.4. The van der Waals surface area contributed by atoms with Crippen LogP contribution in [0.3, 0.4) is 0 Å². The Hall–Kier alpha value is -3.90. The minimum atomic E-state index is -0.971. The van der Waals surface area contributed by atoms with Crippen LogP contribution in [0.25, 0.3) is 11.4 Å². The zero-order chi connectivity index (χ0) is 29.5. The number of ether oxygens (including phenoxy) is 1. The summed E-state index contributed by atoms with van der Waals surface area (Å²) in [7, 11) is 1.55. The fourth-order valence-corrected chi connectivity index (χ4v) is 7.22. The predicted molar refractivity (Wildman–Crippen MR) is 164 cm³/mol. The number of halogens is 2. The number of aryl methyl sites for hydroxylation is 1. The number of nitrogens with zero attached hydrogens (tertiary/aromatic N) is 5. The fraction of sp³-hybridized carbons (Fsp3) is 0.138. The molecule has 9 nitrogen and oxygen atoms in total. The van der Waals surface area contributed by atoms with E-state index in [1.165, 1.54) is 28.0 Å². The van der Waals surface area contributed by atoms with E-state index >= 15 is 0 Å². The van der Waals surface area contributed by atoms with Crippen molar-refractivity contribution in [1.82, 2.24) is 19.6 Å². The molecule has 0 spiro atoms. The minimum Gasteiger partial charge on any atom is -0.505 e. The molecule has 1 atom stereocenters. The Morgan fingerprint density at radius 3 is 2.62 bits per heavy atom.